The van der Waals surface area contributed by atoms with E-state index in [4.69, 9.17) is 4.74 Å². The highest BCUT2D eigenvalue weighted by atomic mass is 16.5. The minimum absolute atomic E-state index is 0.120. The zero-order valence-corrected chi connectivity index (χ0v) is 11.7. The van der Waals surface area contributed by atoms with Gasteiger partial charge in [0.25, 0.3) is 0 Å². The van der Waals surface area contributed by atoms with Crippen LogP contribution in [-0.4, -0.2) is 28.3 Å². The molecule has 0 aromatic carbocycles. The maximum Gasteiger partial charge on any atom is 0.218 e. The molecule has 1 aromatic rings. The van der Waals surface area contributed by atoms with Crippen molar-refractivity contribution >= 4 is 0 Å². The van der Waals surface area contributed by atoms with Gasteiger partial charge in [-0.1, -0.05) is 6.07 Å². The first kappa shape index (κ1) is 14.9. The van der Waals surface area contributed by atoms with Crippen molar-refractivity contribution in [2.75, 3.05) is 6.54 Å². The number of aromatic nitrogens is 1. The summed E-state index contributed by atoms with van der Waals surface area (Å²) < 4.78 is 5.64. The predicted molar refractivity (Wildman–Crippen MR) is 72.6 cm³/mol. The van der Waals surface area contributed by atoms with E-state index in [9.17, 15) is 5.11 Å². The molecule has 4 nitrogen and oxygen atoms in total. The molecule has 2 N–H and O–H groups in total. The van der Waals surface area contributed by atoms with Crippen LogP contribution in [0.1, 0.15) is 39.7 Å². The second-order valence-corrected chi connectivity index (χ2v) is 5.37. The van der Waals surface area contributed by atoms with Crippen molar-refractivity contribution in [2.24, 2.45) is 0 Å². The minimum Gasteiger partial charge on any atom is -0.475 e. The van der Waals surface area contributed by atoms with Crippen LogP contribution in [0.25, 0.3) is 0 Å². The Morgan fingerprint density at radius 2 is 2.17 bits per heavy atom. The van der Waals surface area contributed by atoms with Crippen molar-refractivity contribution < 1.29 is 9.84 Å². The molecule has 0 spiro atoms. The lowest BCUT2D eigenvalue weighted by Gasteiger charge is -2.17. The van der Waals surface area contributed by atoms with E-state index < -0.39 is 5.60 Å². The molecular weight excluding hydrogens is 228 g/mol. The second kappa shape index (κ2) is 6.71. The zero-order valence-electron chi connectivity index (χ0n) is 11.7. The van der Waals surface area contributed by atoms with Gasteiger partial charge in [-0.05, 0) is 46.7 Å². The molecule has 0 aliphatic rings. The first-order chi connectivity index (χ1) is 8.38. The Labute approximate surface area is 109 Å². The number of rotatable bonds is 7. The van der Waals surface area contributed by atoms with Gasteiger partial charge in [-0.25, -0.2) is 4.98 Å². The third kappa shape index (κ3) is 5.98. The van der Waals surface area contributed by atoms with Gasteiger partial charge < -0.3 is 15.2 Å². The van der Waals surface area contributed by atoms with Gasteiger partial charge in [-0.3, -0.25) is 0 Å². The van der Waals surface area contributed by atoms with Gasteiger partial charge in [-0.15, -0.1) is 0 Å². The van der Waals surface area contributed by atoms with Gasteiger partial charge in [0.05, 0.1) is 11.7 Å². The standard InChI is InChI=1S/C14H24N2O2/c1-11(2)18-13-12(6-5-8-16-13)10-15-9-7-14(3,4)17/h5-6,8,11,15,17H,7,9-10H2,1-4H3. The van der Waals surface area contributed by atoms with Crippen molar-refractivity contribution in [2.45, 2.75) is 52.4 Å². The molecule has 1 heterocycles. The van der Waals surface area contributed by atoms with Crippen LogP contribution in [0.4, 0.5) is 0 Å². The molecule has 0 saturated carbocycles. The predicted octanol–water partition coefficient (Wildman–Crippen LogP) is 2.12. The molecule has 18 heavy (non-hydrogen) atoms. The average molecular weight is 252 g/mol. The van der Waals surface area contributed by atoms with Gasteiger partial charge in [0, 0.05) is 18.3 Å². The summed E-state index contributed by atoms with van der Waals surface area (Å²) in [5, 5.41) is 12.9. The van der Waals surface area contributed by atoms with Crippen LogP contribution >= 0.6 is 0 Å². The molecule has 0 bridgehead atoms. The summed E-state index contributed by atoms with van der Waals surface area (Å²) >= 11 is 0. The molecule has 0 aliphatic carbocycles. The fourth-order valence-electron chi connectivity index (χ4n) is 1.51. The Morgan fingerprint density at radius 1 is 1.44 bits per heavy atom. The number of aliphatic hydroxyl groups is 1. The van der Waals surface area contributed by atoms with Crippen LogP contribution in [0.5, 0.6) is 5.88 Å². The summed E-state index contributed by atoms with van der Waals surface area (Å²) in [4.78, 5) is 4.23. The number of nitrogens with one attached hydrogen (secondary N) is 1. The molecule has 0 aliphatic heterocycles. The van der Waals surface area contributed by atoms with E-state index in [0.29, 0.717) is 18.8 Å². The van der Waals surface area contributed by atoms with Gasteiger partial charge in [-0.2, -0.15) is 0 Å². The number of pyridine rings is 1. The Balaban J connectivity index is 2.46. The van der Waals surface area contributed by atoms with Crippen LogP contribution < -0.4 is 10.1 Å². The van der Waals surface area contributed by atoms with Crippen LogP contribution in [0, 0.1) is 0 Å². The van der Waals surface area contributed by atoms with Gasteiger partial charge in [0.1, 0.15) is 0 Å². The van der Waals surface area contributed by atoms with Crippen molar-refractivity contribution in [3.63, 3.8) is 0 Å². The fourth-order valence-corrected chi connectivity index (χ4v) is 1.51. The summed E-state index contributed by atoms with van der Waals surface area (Å²) in [6.45, 7) is 9.06. The third-order valence-corrected chi connectivity index (χ3v) is 2.43. The maximum atomic E-state index is 9.61. The van der Waals surface area contributed by atoms with Crippen molar-refractivity contribution in [3.05, 3.63) is 23.9 Å². The first-order valence-electron chi connectivity index (χ1n) is 6.42. The van der Waals surface area contributed by atoms with Crippen LogP contribution in [0.2, 0.25) is 0 Å². The topological polar surface area (TPSA) is 54.4 Å². The van der Waals surface area contributed by atoms with Gasteiger partial charge in [0.15, 0.2) is 0 Å². The van der Waals surface area contributed by atoms with Gasteiger partial charge >= 0.3 is 0 Å². The highest BCUT2D eigenvalue weighted by Gasteiger charge is 2.11. The summed E-state index contributed by atoms with van der Waals surface area (Å²) in [5.41, 5.74) is 0.418. The number of nitrogens with zero attached hydrogens (tertiary/aromatic N) is 1. The highest BCUT2D eigenvalue weighted by Crippen LogP contribution is 2.15. The smallest absolute Gasteiger partial charge is 0.218 e. The summed E-state index contributed by atoms with van der Waals surface area (Å²) in [7, 11) is 0. The van der Waals surface area contributed by atoms with E-state index in [0.717, 1.165) is 12.1 Å². The Bertz CT molecular complexity index is 359. The maximum absolute atomic E-state index is 9.61. The van der Waals surface area contributed by atoms with E-state index in [-0.39, 0.29) is 6.10 Å². The second-order valence-electron chi connectivity index (χ2n) is 5.37. The summed E-state index contributed by atoms with van der Waals surface area (Å²) in [5.74, 6) is 0.684. The SMILES string of the molecule is CC(C)Oc1ncccc1CNCCC(C)(C)O. The van der Waals surface area contributed by atoms with E-state index in [1.807, 2.05) is 39.8 Å². The third-order valence-electron chi connectivity index (χ3n) is 2.43. The number of ether oxygens (including phenoxy) is 1. The lowest BCUT2D eigenvalue weighted by molar-refractivity contribution is 0.0711. The lowest BCUT2D eigenvalue weighted by Crippen LogP contribution is -2.26. The van der Waals surface area contributed by atoms with Crippen molar-refractivity contribution in [3.8, 4) is 5.88 Å². The molecule has 0 fully saturated rings. The van der Waals surface area contributed by atoms with Crippen LogP contribution in [0.15, 0.2) is 18.3 Å². The Hall–Kier alpha value is -1.13. The largest absolute Gasteiger partial charge is 0.475 e. The molecule has 1 aromatic heterocycles. The van der Waals surface area contributed by atoms with Crippen LogP contribution in [-0.2, 0) is 6.54 Å². The summed E-state index contributed by atoms with van der Waals surface area (Å²) in [6, 6.07) is 3.90. The monoisotopic (exact) mass is 252 g/mol. The molecular formula is C14H24N2O2. The average Bonchev–Trinajstić information content (AvgIpc) is 2.24. The molecule has 4 heteroatoms. The van der Waals surface area contributed by atoms with Crippen LogP contribution in [0.3, 0.4) is 0 Å². The normalized spacial score (nSPS) is 11.9. The highest BCUT2D eigenvalue weighted by molar-refractivity contribution is 5.25. The summed E-state index contributed by atoms with van der Waals surface area (Å²) in [6.07, 6.45) is 2.57. The molecule has 0 saturated heterocycles. The molecule has 0 amide bonds. The van der Waals surface area contributed by atoms with Gasteiger partial charge in [0.2, 0.25) is 5.88 Å². The quantitative estimate of drug-likeness (QED) is 0.730. The minimum atomic E-state index is -0.626. The molecule has 0 atom stereocenters. The molecule has 102 valence electrons. The lowest BCUT2D eigenvalue weighted by atomic mass is 10.1. The van der Waals surface area contributed by atoms with Crippen molar-refractivity contribution in [1.82, 2.24) is 10.3 Å². The molecule has 0 radical (unpaired) electrons. The van der Waals surface area contributed by atoms with E-state index in [1.54, 1.807) is 6.20 Å². The van der Waals surface area contributed by atoms with E-state index >= 15 is 0 Å². The fraction of sp³-hybridized carbons (Fsp3) is 0.643. The van der Waals surface area contributed by atoms with Crippen molar-refractivity contribution in [1.29, 1.82) is 0 Å². The number of hydrogen-bond acceptors (Lipinski definition) is 4. The first-order valence-corrected chi connectivity index (χ1v) is 6.42. The molecule has 0 unspecified atom stereocenters. The zero-order chi connectivity index (χ0) is 13.6. The van der Waals surface area contributed by atoms with E-state index in [1.165, 1.54) is 0 Å². The number of hydrogen-bond donors (Lipinski definition) is 2. The Morgan fingerprint density at radius 3 is 2.78 bits per heavy atom. The molecule has 1 rings (SSSR count). The Kier molecular flexibility index (Phi) is 5.56. The van der Waals surface area contributed by atoms with E-state index in [2.05, 4.69) is 10.3 Å².